The lowest BCUT2D eigenvalue weighted by Crippen LogP contribution is -2.23. The Morgan fingerprint density at radius 3 is 2.95 bits per heavy atom. The molecule has 1 heterocycles. The molecule has 0 amide bonds. The van der Waals surface area contributed by atoms with Gasteiger partial charge in [-0.15, -0.1) is 0 Å². The first-order chi connectivity index (χ1) is 9.63. The van der Waals surface area contributed by atoms with E-state index >= 15 is 0 Å². The molecule has 0 unspecified atom stereocenters. The molecule has 5 nitrogen and oxygen atoms in total. The molecule has 0 aliphatic heterocycles. The first-order valence-corrected chi connectivity index (χ1v) is 6.81. The van der Waals surface area contributed by atoms with E-state index in [1.54, 1.807) is 18.5 Å². The van der Waals surface area contributed by atoms with Crippen LogP contribution in [0, 0.1) is 0 Å². The molecule has 0 saturated heterocycles. The summed E-state index contributed by atoms with van der Waals surface area (Å²) in [5, 5.41) is 4.00. The predicted octanol–water partition coefficient (Wildman–Crippen LogP) is 2.80. The van der Waals surface area contributed by atoms with Crippen LogP contribution in [0.3, 0.4) is 0 Å². The summed E-state index contributed by atoms with van der Waals surface area (Å²) in [6.45, 7) is 0. The number of hydrogen-bond donors (Lipinski definition) is 2. The molecule has 20 heavy (non-hydrogen) atoms. The zero-order chi connectivity index (χ0) is 14.4. The van der Waals surface area contributed by atoms with Gasteiger partial charge < -0.3 is 10.5 Å². The molecule has 0 saturated carbocycles. The fourth-order valence-corrected chi connectivity index (χ4v) is 1.66. The van der Waals surface area contributed by atoms with E-state index in [2.05, 4.69) is 43.7 Å². The van der Waals surface area contributed by atoms with Gasteiger partial charge in [-0.3, -0.25) is 5.43 Å². The minimum Gasteiger partial charge on any atom is -0.439 e. The third-order valence-corrected chi connectivity index (χ3v) is 2.73. The molecule has 1 aromatic carbocycles. The van der Waals surface area contributed by atoms with E-state index in [-0.39, 0.29) is 5.11 Å². The van der Waals surface area contributed by atoms with E-state index in [1.807, 2.05) is 30.3 Å². The zero-order valence-corrected chi connectivity index (χ0v) is 12.7. The summed E-state index contributed by atoms with van der Waals surface area (Å²) in [4.78, 5) is 4.14. The van der Waals surface area contributed by atoms with Crippen molar-refractivity contribution in [3.05, 3.63) is 52.6 Å². The fourth-order valence-electron chi connectivity index (χ4n) is 1.37. The Labute approximate surface area is 130 Å². The maximum atomic E-state index is 5.64. The van der Waals surface area contributed by atoms with Gasteiger partial charge in [-0.25, -0.2) is 4.98 Å². The van der Waals surface area contributed by atoms with Crippen LogP contribution in [0.15, 0.2) is 52.2 Å². The van der Waals surface area contributed by atoms with Crippen molar-refractivity contribution in [2.45, 2.75) is 0 Å². The molecule has 0 atom stereocenters. The van der Waals surface area contributed by atoms with Crippen molar-refractivity contribution in [2.75, 3.05) is 0 Å². The number of nitrogens with one attached hydrogen (secondary N) is 1. The molecular formula is C13H11BrN4OS. The van der Waals surface area contributed by atoms with Gasteiger partial charge in [0, 0.05) is 16.7 Å². The third-order valence-electron chi connectivity index (χ3n) is 2.17. The summed E-state index contributed by atoms with van der Waals surface area (Å²) < 4.78 is 6.53. The third kappa shape index (κ3) is 4.60. The van der Waals surface area contributed by atoms with Crippen molar-refractivity contribution in [3.8, 4) is 11.6 Å². The van der Waals surface area contributed by atoms with Crippen molar-refractivity contribution >= 4 is 39.5 Å². The van der Waals surface area contributed by atoms with Crippen LogP contribution in [0.4, 0.5) is 0 Å². The lowest BCUT2D eigenvalue weighted by atomic mass is 10.2. The van der Waals surface area contributed by atoms with Crippen LogP contribution in [-0.4, -0.2) is 16.3 Å². The number of thiocarbonyl (C=S) groups is 1. The van der Waals surface area contributed by atoms with Gasteiger partial charge in [0.15, 0.2) is 5.11 Å². The van der Waals surface area contributed by atoms with Crippen LogP contribution in [-0.2, 0) is 0 Å². The average molecular weight is 351 g/mol. The maximum absolute atomic E-state index is 5.64. The van der Waals surface area contributed by atoms with Crippen LogP contribution < -0.4 is 15.9 Å². The maximum Gasteiger partial charge on any atom is 0.219 e. The van der Waals surface area contributed by atoms with Crippen LogP contribution >= 0.6 is 28.1 Å². The summed E-state index contributed by atoms with van der Waals surface area (Å²) in [5.74, 6) is 1.18. The molecule has 0 aliphatic carbocycles. The molecule has 0 fully saturated rings. The summed E-state index contributed by atoms with van der Waals surface area (Å²) in [7, 11) is 0. The standard InChI is InChI=1S/C13H11BrN4OS/c14-10-4-5-12(16-8-10)19-11-3-1-2-9(6-11)7-17-18-13(15)20/h1-8H,(H3,15,18,20). The predicted molar refractivity (Wildman–Crippen MR) is 86.0 cm³/mol. The van der Waals surface area contributed by atoms with Crippen molar-refractivity contribution in [1.82, 2.24) is 10.4 Å². The number of nitrogens with zero attached hydrogens (tertiary/aromatic N) is 2. The molecule has 0 aliphatic rings. The molecule has 0 bridgehead atoms. The number of hydrogen-bond acceptors (Lipinski definition) is 4. The minimum absolute atomic E-state index is 0.118. The van der Waals surface area contributed by atoms with Crippen LogP contribution in [0.2, 0.25) is 0 Å². The Balaban J connectivity index is 2.07. The summed E-state index contributed by atoms with van der Waals surface area (Å²) >= 11 is 7.97. The number of nitrogens with two attached hydrogens (primary N) is 1. The number of halogens is 1. The van der Waals surface area contributed by atoms with Crippen molar-refractivity contribution in [3.63, 3.8) is 0 Å². The van der Waals surface area contributed by atoms with Gasteiger partial charge in [0.25, 0.3) is 0 Å². The van der Waals surface area contributed by atoms with E-state index in [4.69, 9.17) is 10.5 Å². The first kappa shape index (κ1) is 14.4. The molecule has 3 N–H and O–H groups in total. The molecule has 2 rings (SSSR count). The lowest BCUT2D eigenvalue weighted by molar-refractivity contribution is 0.462. The quantitative estimate of drug-likeness (QED) is 0.504. The lowest BCUT2D eigenvalue weighted by Gasteiger charge is -2.05. The minimum atomic E-state index is 0.118. The van der Waals surface area contributed by atoms with Gasteiger partial charge in [0.05, 0.1) is 6.21 Å². The smallest absolute Gasteiger partial charge is 0.219 e. The van der Waals surface area contributed by atoms with E-state index in [0.717, 1.165) is 10.0 Å². The Kier molecular flexibility index (Phi) is 5.03. The van der Waals surface area contributed by atoms with E-state index < -0.39 is 0 Å². The molecule has 1 aromatic heterocycles. The Bertz CT molecular complexity index is 631. The van der Waals surface area contributed by atoms with E-state index in [0.29, 0.717) is 11.6 Å². The largest absolute Gasteiger partial charge is 0.439 e. The zero-order valence-electron chi connectivity index (χ0n) is 10.3. The van der Waals surface area contributed by atoms with Gasteiger partial charge in [-0.05, 0) is 51.9 Å². The van der Waals surface area contributed by atoms with Crippen LogP contribution in [0.5, 0.6) is 11.6 Å². The average Bonchev–Trinajstić information content (AvgIpc) is 2.41. The summed E-state index contributed by atoms with van der Waals surface area (Å²) in [6, 6.07) is 11.0. The Hall–Kier alpha value is -1.99. The summed E-state index contributed by atoms with van der Waals surface area (Å²) in [5.41, 5.74) is 8.61. The second-order valence-corrected chi connectivity index (χ2v) is 5.08. The highest BCUT2D eigenvalue weighted by Gasteiger charge is 1.99. The van der Waals surface area contributed by atoms with Crippen molar-refractivity contribution in [2.24, 2.45) is 10.8 Å². The molecule has 7 heteroatoms. The number of hydrazone groups is 1. The Morgan fingerprint density at radius 2 is 2.25 bits per heavy atom. The highest BCUT2D eigenvalue weighted by molar-refractivity contribution is 9.10. The second kappa shape index (κ2) is 6.97. The van der Waals surface area contributed by atoms with E-state index in [9.17, 15) is 0 Å². The molecule has 0 radical (unpaired) electrons. The molecular weight excluding hydrogens is 340 g/mol. The van der Waals surface area contributed by atoms with Crippen molar-refractivity contribution in [1.29, 1.82) is 0 Å². The molecule has 2 aromatic rings. The van der Waals surface area contributed by atoms with Gasteiger partial charge in [0.2, 0.25) is 5.88 Å². The van der Waals surface area contributed by atoms with E-state index in [1.165, 1.54) is 0 Å². The van der Waals surface area contributed by atoms with Crippen LogP contribution in [0.1, 0.15) is 5.56 Å². The van der Waals surface area contributed by atoms with Gasteiger partial charge >= 0.3 is 0 Å². The monoisotopic (exact) mass is 350 g/mol. The number of pyridine rings is 1. The second-order valence-electron chi connectivity index (χ2n) is 3.72. The number of aromatic nitrogens is 1. The normalized spacial score (nSPS) is 10.4. The van der Waals surface area contributed by atoms with Crippen molar-refractivity contribution < 1.29 is 4.74 Å². The Morgan fingerprint density at radius 1 is 1.40 bits per heavy atom. The number of benzene rings is 1. The topological polar surface area (TPSA) is 72.5 Å². The van der Waals surface area contributed by atoms with Crippen LogP contribution in [0.25, 0.3) is 0 Å². The van der Waals surface area contributed by atoms with Gasteiger partial charge in [-0.1, -0.05) is 12.1 Å². The van der Waals surface area contributed by atoms with Gasteiger partial charge in [-0.2, -0.15) is 5.10 Å². The number of rotatable bonds is 4. The molecule has 102 valence electrons. The SMILES string of the molecule is NC(=S)NN=Cc1cccc(Oc2ccc(Br)cn2)c1. The first-order valence-electron chi connectivity index (χ1n) is 5.61. The highest BCUT2D eigenvalue weighted by atomic mass is 79.9. The van der Waals surface area contributed by atoms with Gasteiger partial charge in [0.1, 0.15) is 5.75 Å². The summed E-state index contributed by atoms with van der Waals surface area (Å²) in [6.07, 6.45) is 3.27. The molecule has 0 spiro atoms. The highest BCUT2D eigenvalue weighted by Crippen LogP contribution is 2.21. The number of ether oxygens (including phenoxy) is 1. The fraction of sp³-hybridized carbons (Fsp3) is 0.